The Labute approximate surface area is 112 Å². The van der Waals surface area contributed by atoms with E-state index in [4.69, 9.17) is 4.74 Å². The number of carbonyl (C=O) groups excluding carboxylic acids is 1. The molecule has 2 rings (SSSR count). The Morgan fingerprint density at radius 3 is 2.79 bits per heavy atom. The van der Waals surface area contributed by atoms with E-state index in [1.54, 1.807) is 0 Å². The molecule has 0 saturated carbocycles. The van der Waals surface area contributed by atoms with Gasteiger partial charge in [0.1, 0.15) is 5.75 Å². The SMILES string of the molecule is Cc1ccc(OCC(=O)NCc2cc[nH]c2)cc1C. The summed E-state index contributed by atoms with van der Waals surface area (Å²) in [6.07, 6.45) is 3.68. The molecule has 0 spiro atoms. The molecule has 100 valence electrons. The second-order valence-electron chi connectivity index (χ2n) is 4.53. The number of benzene rings is 1. The molecule has 0 unspecified atom stereocenters. The Balaban J connectivity index is 1.78. The highest BCUT2D eigenvalue weighted by molar-refractivity contribution is 5.77. The minimum Gasteiger partial charge on any atom is -0.484 e. The van der Waals surface area contributed by atoms with Crippen LogP contribution in [0.2, 0.25) is 0 Å². The maximum absolute atomic E-state index is 11.6. The molecule has 1 aromatic heterocycles. The third-order valence-electron chi connectivity index (χ3n) is 3.00. The minimum atomic E-state index is -0.126. The predicted molar refractivity (Wildman–Crippen MR) is 74.1 cm³/mol. The third-order valence-corrected chi connectivity index (χ3v) is 3.00. The van der Waals surface area contributed by atoms with Gasteiger partial charge >= 0.3 is 0 Å². The molecule has 0 radical (unpaired) electrons. The van der Waals surface area contributed by atoms with Gasteiger partial charge in [-0.25, -0.2) is 0 Å². The summed E-state index contributed by atoms with van der Waals surface area (Å²) in [5, 5.41) is 2.80. The summed E-state index contributed by atoms with van der Waals surface area (Å²) in [6.45, 7) is 4.61. The van der Waals surface area contributed by atoms with Crippen molar-refractivity contribution in [2.24, 2.45) is 0 Å². The van der Waals surface area contributed by atoms with Crippen molar-refractivity contribution >= 4 is 5.91 Å². The van der Waals surface area contributed by atoms with E-state index >= 15 is 0 Å². The number of hydrogen-bond acceptors (Lipinski definition) is 2. The zero-order valence-corrected chi connectivity index (χ0v) is 11.2. The van der Waals surface area contributed by atoms with Gasteiger partial charge in [-0.3, -0.25) is 4.79 Å². The predicted octanol–water partition coefficient (Wildman–Crippen LogP) is 2.33. The van der Waals surface area contributed by atoms with Gasteiger partial charge in [0.15, 0.2) is 6.61 Å². The van der Waals surface area contributed by atoms with E-state index in [9.17, 15) is 4.79 Å². The Hall–Kier alpha value is -2.23. The highest BCUT2D eigenvalue weighted by atomic mass is 16.5. The first-order chi connectivity index (χ1) is 9.15. The minimum absolute atomic E-state index is 0.0346. The van der Waals surface area contributed by atoms with E-state index in [2.05, 4.69) is 10.3 Å². The second-order valence-corrected chi connectivity index (χ2v) is 4.53. The van der Waals surface area contributed by atoms with Crippen LogP contribution in [0, 0.1) is 13.8 Å². The van der Waals surface area contributed by atoms with Crippen molar-refractivity contribution in [1.29, 1.82) is 0 Å². The maximum Gasteiger partial charge on any atom is 0.258 e. The normalized spacial score (nSPS) is 10.2. The smallest absolute Gasteiger partial charge is 0.258 e. The van der Waals surface area contributed by atoms with Gasteiger partial charge in [0.2, 0.25) is 0 Å². The average Bonchev–Trinajstić information content (AvgIpc) is 2.91. The molecule has 19 heavy (non-hydrogen) atoms. The summed E-state index contributed by atoms with van der Waals surface area (Å²) < 4.78 is 5.45. The van der Waals surface area contributed by atoms with Crippen LogP contribution in [-0.4, -0.2) is 17.5 Å². The molecule has 0 bridgehead atoms. The van der Waals surface area contributed by atoms with Crippen LogP contribution >= 0.6 is 0 Å². The van der Waals surface area contributed by atoms with Gasteiger partial charge in [-0.15, -0.1) is 0 Å². The van der Waals surface area contributed by atoms with Gasteiger partial charge in [0.25, 0.3) is 5.91 Å². The number of hydrogen-bond donors (Lipinski definition) is 2. The van der Waals surface area contributed by atoms with Crippen molar-refractivity contribution in [3.8, 4) is 5.75 Å². The van der Waals surface area contributed by atoms with E-state index in [1.165, 1.54) is 5.56 Å². The van der Waals surface area contributed by atoms with Crippen LogP contribution in [0.5, 0.6) is 5.75 Å². The molecular weight excluding hydrogens is 240 g/mol. The molecule has 0 atom stereocenters. The van der Waals surface area contributed by atoms with E-state index in [0.717, 1.165) is 16.9 Å². The fraction of sp³-hybridized carbons (Fsp3) is 0.267. The van der Waals surface area contributed by atoms with Gasteiger partial charge in [0, 0.05) is 18.9 Å². The van der Waals surface area contributed by atoms with Gasteiger partial charge in [-0.2, -0.15) is 0 Å². The molecule has 2 N–H and O–H groups in total. The molecule has 4 nitrogen and oxygen atoms in total. The first kappa shape index (κ1) is 13.2. The summed E-state index contributed by atoms with van der Waals surface area (Å²) in [7, 11) is 0. The molecule has 1 amide bonds. The lowest BCUT2D eigenvalue weighted by molar-refractivity contribution is -0.123. The summed E-state index contributed by atoms with van der Waals surface area (Å²) >= 11 is 0. The van der Waals surface area contributed by atoms with E-state index in [-0.39, 0.29) is 12.5 Å². The lowest BCUT2D eigenvalue weighted by atomic mass is 10.1. The van der Waals surface area contributed by atoms with Crippen molar-refractivity contribution in [2.75, 3.05) is 6.61 Å². The Kier molecular flexibility index (Phi) is 4.23. The number of aryl methyl sites for hydroxylation is 2. The van der Waals surface area contributed by atoms with Gasteiger partial charge in [0.05, 0.1) is 0 Å². The van der Waals surface area contributed by atoms with E-state index in [0.29, 0.717) is 6.54 Å². The fourth-order valence-corrected chi connectivity index (χ4v) is 1.67. The number of rotatable bonds is 5. The van der Waals surface area contributed by atoms with Crippen molar-refractivity contribution < 1.29 is 9.53 Å². The Morgan fingerprint density at radius 2 is 2.11 bits per heavy atom. The number of aromatic amines is 1. The molecule has 0 aliphatic carbocycles. The molecule has 2 aromatic rings. The molecule has 0 aliphatic heterocycles. The van der Waals surface area contributed by atoms with Crippen molar-refractivity contribution in [2.45, 2.75) is 20.4 Å². The third kappa shape index (κ3) is 3.88. The van der Waals surface area contributed by atoms with Crippen LogP contribution in [0.3, 0.4) is 0 Å². The molecule has 1 heterocycles. The zero-order valence-electron chi connectivity index (χ0n) is 11.2. The lowest BCUT2D eigenvalue weighted by Gasteiger charge is -2.08. The number of carbonyl (C=O) groups is 1. The molecule has 0 aliphatic rings. The standard InChI is InChI=1S/C15H18N2O2/c1-11-3-4-14(7-12(11)2)19-10-15(18)17-9-13-5-6-16-8-13/h3-8,16H,9-10H2,1-2H3,(H,17,18). The summed E-state index contributed by atoms with van der Waals surface area (Å²) in [5.74, 6) is 0.597. The average molecular weight is 258 g/mol. The quantitative estimate of drug-likeness (QED) is 0.864. The number of amides is 1. The molecular formula is C15H18N2O2. The number of nitrogens with one attached hydrogen (secondary N) is 2. The molecule has 0 fully saturated rings. The van der Waals surface area contributed by atoms with E-state index in [1.807, 2.05) is 50.5 Å². The van der Waals surface area contributed by atoms with E-state index < -0.39 is 0 Å². The largest absolute Gasteiger partial charge is 0.484 e. The van der Waals surface area contributed by atoms with Crippen LogP contribution in [0.25, 0.3) is 0 Å². The number of H-pyrrole nitrogens is 1. The monoisotopic (exact) mass is 258 g/mol. The van der Waals surface area contributed by atoms with Crippen LogP contribution in [0.1, 0.15) is 16.7 Å². The first-order valence-electron chi connectivity index (χ1n) is 6.23. The van der Waals surface area contributed by atoms with Gasteiger partial charge in [-0.1, -0.05) is 6.07 Å². The van der Waals surface area contributed by atoms with Crippen LogP contribution < -0.4 is 10.1 Å². The highest BCUT2D eigenvalue weighted by Crippen LogP contribution is 2.16. The Bertz CT molecular complexity index is 547. The molecule has 0 saturated heterocycles. The van der Waals surface area contributed by atoms with Gasteiger partial charge < -0.3 is 15.0 Å². The summed E-state index contributed by atoms with van der Waals surface area (Å²) in [6, 6.07) is 7.73. The lowest BCUT2D eigenvalue weighted by Crippen LogP contribution is -2.28. The maximum atomic E-state index is 11.6. The zero-order chi connectivity index (χ0) is 13.7. The first-order valence-corrected chi connectivity index (χ1v) is 6.23. The van der Waals surface area contributed by atoms with Crippen molar-refractivity contribution in [1.82, 2.24) is 10.3 Å². The number of ether oxygens (including phenoxy) is 1. The van der Waals surface area contributed by atoms with Crippen molar-refractivity contribution in [3.05, 3.63) is 53.3 Å². The van der Waals surface area contributed by atoms with Crippen molar-refractivity contribution in [3.63, 3.8) is 0 Å². The second kappa shape index (κ2) is 6.09. The van der Waals surface area contributed by atoms with Crippen LogP contribution in [0.15, 0.2) is 36.7 Å². The highest BCUT2D eigenvalue weighted by Gasteiger charge is 2.03. The summed E-state index contributed by atoms with van der Waals surface area (Å²) in [4.78, 5) is 14.6. The number of aromatic nitrogens is 1. The van der Waals surface area contributed by atoms with Crippen LogP contribution in [0.4, 0.5) is 0 Å². The van der Waals surface area contributed by atoms with Crippen LogP contribution in [-0.2, 0) is 11.3 Å². The molecule has 1 aromatic carbocycles. The summed E-state index contributed by atoms with van der Waals surface area (Å²) in [5.41, 5.74) is 3.41. The molecule has 4 heteroatoms. The van der Waals surface area contributed by atoms with Gasteiger partial charge in [-0.05, 0) is 48.7 Å². The topological polar surface area (TPSA) is 54.1 Å². The Morgan fingerprint density at radius 1 is 1.26 bits per heavy atom. The fourth-order valence-electron chi connectivity index (χ4n) is 1.67.